The standard InChI is InChI=1S/C31H33N7O2/c1-20(24-5-4-6-25-26(31(39)32-3)13-16-35-30(24)25)11-14-34-29-17-27(37-19-38-29)22-8-10-28(36-18-22)33-15-12-23-9-7-21(2)40-23/h4-10,13,16-20H,11-12,14-15H2,1-3H3,(H,32,39)(H,33,36)(H,34,37,38). The van der Waals surface area contributed by atoms with Gasteiger partial charge in [-0.2, -0.15) is 0 Å². The number of para-hydroxylation sites is 1. The van der Waals surface area contributed by atoms with Gasteiger partial charge in [0.05, 0.1) is 16.8 Å². The second kappa shape index (κ2) is 12.4. The number of benzene rings is 1. The average molecular weight is 536 g/mol. The molecule has 0 spiro atoms. The third-order valence-corrected chi connectivity index (χ3v) is 6.89. The number of nitrogens with zero attached hydrogens (tertiary/aromatic N) is 4. The van der Waals surface area contributed by atoms with Crippen LogP contribution >= 0.6 is 0 Å². The summed E-state index contributed by atoms with van der Waals surface area (Å²) in [6.45, 7) is 5.58. The number of pyridine rings is 2. The van der Waals surface area contributed by atoms with E-state index in [1.807, 2.05) is 55.6 Å². The van der Waals surface area contributed by atoms with Gasteiger partial charge in [0.25, 0.3) is 5.91 Å². The molecule has 9 heteroatoms. The molecule has 0 aliphatic rings. The molecule has 1 aromatic carbocycles. The SMILES string of the molecule is CNC(=O)c1ccnc2c(C(C)CCNc3cc(-c4ccc(NCCc5ccc(C)o5)nc4)ncn3)cccc12. The lowest BCUT2D eigenvalue weighted by Gasteiger charge is -2.16. The first-order valence-electron chi connectivity index (χ1n) is 13.4. The third kappa shape index (κ3) is 6.26. The summed E-state index contributed by atoms with van der Waals surface area (Å²) in [6.07, 6.45) is 6.74. The molecule has 5 aromatic rings. The predicted molar refractivity (Wildman–Crippen MR) is 158 cm³/mol. The Hall–Kier alpha value is -4.79. The van der Waals surface area contributed by atoms with Gasteiger partial charge in [0, 0.05) is 56.0 Å². The van der Waals surface area contributed by atoms with Crippen molar-refractivity contribution in [2.45, 2.75) is 32.6 Å². The Morgan fingerprint density at radius 2 is 1.82 bits per heavy atom. The zero-order chi connectivity index (χ0) is 27.9. The van der Waals surface area contributed by atoms with Gasteiger partial charge in [-0.3, -0.25) is 9.78 Å². The van der Waals surface area contributed by atoms with Gasteiger partial charge in [-0.25, -0.2) is 15.0 Å². The number of hydrogen-bond donors (Lipinski definition) is 3. The van der Waals surface area contributed by atoms with Crippen molar-refractivity contribution in [3.8, 4) is 11.3 Å². The van der Waals surface area contributed by atoms with Crippen LogP contribution in [-0.2, 0) is 6.42 Å². The van der Waals surface area contributed by atoms with Crippen LogP contribution in [-0.4, -0.2) is 46.0 Å². The van der Waals surface area contributed by atoms with E-state index >= 15 is 0 Å². The van der Waals surface area contributed by atoms with E-state index in [1.54, 1.807) is 25.6 Å². The highest BCUT2D eigenvalue weighted by molar-refractivity contribution is 6.06. The Morgan fingerprint density at radius 3 is 2.60 bits per heavy atom. The summed E-state index contributed by atoms with van der Waals surface area (Å²) in [7, 11) is 1.64. The first kappa shape index (κ1) is 26.8. The summed E-state index contributed by atoms with van der Waals surface area (Å²) in [6, 6.07) is 17.6. The molecule has 0 saturated heterocycles. The van der Waals surface area contributed by atoms with Crippen LogP contribution in [0.3, 0.4) is 0 Å². The van der Waals surface area contributed by atoms with Crippen LogP contribution in [0.25, 0.3) is 22.2 Å². The second-order valence-corrected chi connectivity index (χ2v) is 9.71. The van der Waals surface area contributed by atoms with Crippen LogP contribution in [0.1, 0.15) is 46.7 Å². The van der Waals surface area contributed by atoms with Crippen molar-refractivity contribution < 1.29 is 9.21 Å². The summed E-state index contributed by atoms with van der Waals surface area (Å²) in [4.78, 5) is 30.3. The number of fused-ring (bicyclic) bond motifs is 1. The fourth-order valence-electron chi connectivity index (χ4n) is 4.70. The lowest BCUT2D eigenvalue weighted by Crippen LogP contribution is -2.18. The van der Waals surface area contributed by atoms with Crippen LogP contribution < -0.4 is 16.0 Å². The maximum atomic E-state index is 12.3. The predicted octanol–water partition coefficient (Wildman–Crippen LogP) is 5.61. The molecular weight excluding hydrogens is 502 g/mol. The fraction of sp³-hybridized carbons (Fsp3) is 0.258. The molecule has 1 atom stereocenters. The van der Waals surface area contributed by atoms with Crippen LogP contribution in [0, 0.1) is 6.92 Å². The van der Waals surface area contributed by atoms with E-state index in [-0.39, 0.29) is 11.8 Å². The first-order chi connectivity index (χ1) is 19.5. The Labute approximate surface area is 233 Å². The summed E-state index contributed by atoms with van der Waals surface area (Å²) < 4.78 is 5.61. The minimum Gasteiger partial charge on any atom is -0.466 e. The van der Waals surface area contributed by atoms with Gasteiger partial charge in [0.2, 0.25) is 0 Å². The van der Waals surface area contributed by atoms with Crippen molar-refractivity contribution in [3.63, 3.8) is 0 Å². The van der Waals surface area contributed by atoms with Crippen molar-refractivity contribution in [1.29, 1.82) is 0 Å². The van der Waals surface area contributed by atoms with Gasteiger partial charge in [-0.1, -0.05) is 25.1 Å². The highest BCUT2D eigenvalue weighted by Gasteiger charge is 2.15. The molecular formula is C31H33N7O2. The quantitative estimate of drug-likeness (QED) is 0.200. The van der Waals surface area contributed by atoms with Crippen molar-refractivity contribution in [2.75, 3.05) is 30.8 Å². The van der Waals surface area contributed by atoms with Crippen molar-refractivity contribution in [1.82, 2.24) is 25.3 Å². The number of carbonyl (C=O) groups excluding carboxylic acids is 1. The first-order valence-corrected chi connectivity index (χ1v) is 13.4. The number of amides is 1. The van der Waals surface area contributed by atoms with E-state index in [0.717, 1.165) is 76.8 Å². The number of rotatable bonds is 11. The second-order valence-electron chi connectivity index (χ2n) is 9.71. The molecule has 0 radical (unpaired) electrons. The highest BCUT2D eigenvalue weighted by atomic mass is 16.3. The third-order valence-electron chi connectivity index (χ3n) is 6.89. The molecule has 40 heavy (non-hydrogen) atoms. The molecule has 0 aliphatic heterocycles. The summed E-state index contributed by atoms with van der Waals surface area (Å²) >= 11 is 0. The van der Waals surface area contributed by atoms with E-state index in [2.05, 4.69) is 48.9 Å². The number of nitrogens with one attached hydrogen (secondary N) is 3. The largest absolute Gasteiger partial charge is 0.466 e. The summed E-state index contributed by atoms with van der Waals surface area (Å²) in [5.41, 5.74) is 4.33. The molecule has 9 nitrogen and oxygen atoms in total. The van der Waals surface area contributed by atoms with Crippen LogP contribution in [0.4, 0.5) is 11.6 Å². The summed E-state index contributed by atoms with van der Waals surface area (Å²) in [5, 5.41) is 10.3. The van der Waals surface area contributed by atoms with E-state index in [4.69, 9.17) is 4.42 Å². The molecule has 5 rings (SSSR count). The summed E-state index contributed by atoms with van der Waals surface area (Å²) in [5.74, 6) is 3.56. The van der Waals surface area contributed by atoms with Gasteiger partial charge in [-0.15, -0.1) is 0 Å². The molecule has 4 aromatic heterocycles. The molecule has 0 saturated carbocycles. The molecule has 1 amide bonds. The van der Waals surface area contributed by atoms with Gasteiger partial charge in [0.15, 0.2) is 0 Å². The maximum Gasteiger partial charge on any atom is 0.251 e. The number of furan rings is 1. The molecule has 204 valence electrons. The van der Waals surface area contributed by atoms with Gasteiger partial charge >= 0.3 is 0 Å². The minimum absolute atomic E-state index is 0.111. The monoisotopic (exact) mass is 535 g/mol. The zero-order valence-corrected chi connectivity index (χ0v) is 22.9. The average Bonchev–Trinajstić information content (AvgIpc) is 3.41. The van der Waals surface area contributed by atoms with E-state index in [0.29, 0.717) is 5.56 Å². The normalized spacial score (nSPS) is 11.8. The smallest absolute Gasteiger partial charge is 0.251 e. The number of aryl methyl sites for hydroxylation is 1. The van der Waals surface area contributed by atoms with Crippen LogP contribution in [0.2, 0.25) is 0 Å². The lowest BCUT2D eigenvalue weighted by atomic mass is 9.94. The molecule has 0 fully saturated rings. The van der Waals surface area contributed by atoms with Crippen molar-refractivity contribution in [2.24, 2.45) is 0 Å². The van der Waals surface area contributed by atoms with E-state index < -0.39 is 0 Å². The van der Waals surface area contributed by atoms with Gasteiger partial charge in [0.1, 0.15) is 29.5 Å². The molecule has 0 bridgehead atoms. The molecule has 0 aliphatic carbocycles. The minimum atomic E-state index is -0.111. The number of hydrogen-bond acceptors (Lipinski definition) is 8. The Kier molecular flexibility index (Phi) is 8.29. The fourth-order valence-corrected chi connectivity index (χ4v) is 4.70. The van der Waals surface area contributed by atoms with Crippen LogP contribution in [0.5, 0.6) is 0 Å². The highest BCUT2D eigenvalue weighted by Crippen LogP contribution is 2.28. The number of carbonyl (C=O) groups is 1. The van der Waals surface area contributed by atoms with Crippen molar-refractivity contribution in [3.05, 3.63) is 96.0 Å². The zero-order valence-electron chi connectivity index (χ0n) is 22.9. The van der Waals surface area contributed by atoms with E-state index in [9.17, 15) is 4.79 Å². The number of anilines is 2. The van der Waals surface area contributed by atoms with Crippen LogP contribution in [0.15, 0.2) is 77.7 Å². The molecule has 3 N–H and O–H groups in total. The van der Waals surface area contributed by atoms with Gasteiger partial charge < -0.3 is 20.4 Å². The van der Waals surface area contributed by atoms with Gasteiger partial charge in [-0.05, 0) is 55.2 Å². The Morgan fingerprint density at radius 1 is 0.950 bits per heavy atom. The van der Waals surface area contributed by atoms with Crippen molar-refractivity contribution >= 4 is 28.4 Å². The molecule has 4 heterocycles. The maximum absolute atomic E-state index is 12.3. The Balaban J connectivity index is 1.17. The number of aromatic nitrogens is 4. The Bertz CT molecular complexity index is 1600. The topological polar surface area (TPSA) is 118 Å². The van der Waals surface area contributed by atoms with E-state index in [1.165, 1.54) is 0 Å². The molecule has 1 unspecified atom stereocenters. The lowest BCUT2D eigenvalue weighted by molar-refractivity contribution is 0.0964.